The van der Waals surface area contributed by atoms with Crippen molar-refractivity contribution >= 4 is 38.4 Å². The molecule has 0 radical (unpaired) electrons. The molecular formula is C20H19BrN2O. The third-order valence-electron chi connectivity index (χ3n) is 4.99. The Balaban J connectivity index is 1.70. The molecule has 0 saturated heterocycles. The molecule has 0 unspecified atom stereocenters. The summed E-state index contributed by atoms with van der Waals surface area (Å²) in [5, 5.41) is 4.27. The molecule has 2 aromatic carbocycles. The normalized spacial score (nSPS) is 15.5. The number of carbonyl (C=O) groups is 1. The van der Waals surface area contributed by atoms with Gasteiger partial charge < -0.3 is 10.3 Å². The fraction of sp³-hybridized carbons (Fsp3) is 0.250. The number of aromatic nitrogens is 1. The average Bonchev–Trinajstić information content (AvgIpc) is 3.28. The van der Waals surface area contributed by atoms with Crippen LogP contribution in [0.4, 0.5) is 5.69 Å². The zero-order valence-electron chi connectivity index (χ0n) is 13.7. The second kappa shape index (κ2) is 5.49. The first-order valence-corrected chi connectivity index (χ1v) is 8.96. The molecule has 4 rings (SSSR count). The molecule has 24 heavy (non-hydrogen) atoms. The van der Waals surface area contributed by atoms with E-state index in [1.165, 1.54) is 0 Å². The van der Waals surface area contributed by atoms with Crippen LogP contribution in [0.2, 0.25) is 0 Å². The highest BCUT2D eigenvalue weighted by Crippen LogP contribution is 2.52. The Labute approximate surface area is 149 Å². The van der Waals surface area contributed by atoms with Gasteiger partial charge in [0.15, 0.2) is 0 Å². The van der Waals surface area contributed by atoms with Crippen LogP contribution in [0.15, 0.2) is 46.9 Å². The summed E-state index contributed by atoms with van der Waals surface area (Å²) >= 11 is 3.53. The van der Waals surface area contributed by atoms with Crippen molar-refractivity contribution in [2.24, 2.45) is 0 Å². The number of nitrogens with one attached hydrogen (secondary N) is 2. The monoisotopic (exact) mass is 382 g/mol. The fourth-order valence-electron chi connectivity index (χ4n) is 3.53. The molecule has 1 fully saturated rings. The number of amides is 1. The first-order chi connectivity index (χ1) is 11.5. The molecule has 0 spiro atoms. The summed E-state index contributed by atoms with van der Waals surface area (Å²) in [7, 11) is 0. The van der Waals surface area contributed by atoms with Crippen LogP contribution in [0.3, 0.4) is 0 Å². The molecule has 1 saturated carbocycles. The standard InChI is InChI=1S/C20H19BrN2O/c1-12-7-8-14(11-16(12)21)23-19(24)20(9-10-20)18-13(2)22-17-6-4-3-5-15(17)18/h3-8,11,22H,9-10H2,1-2H3,(H,23,24). The number of anilines is 1. The third-order valence-corrected chi connectivity index (χ3v) is 5.84. The lowest BCUT2D eigenvalue weighted by Crippen LogP contribution is -2.28. The molecule has 4 heteroatoms. The molecule has 1 aliphatic carbocycles. The Bertz CT molecular complexity index is 953. The number of H-pyrrole nitrogens is 1. The predicted molar refractivity (Wildman–Crippen MR) is 101 cm³/mol. The van der Waals surface area contributed by atoms with E-state index in [9.17, 15) is 4.79 Å². The van der Waals surface area contributed by atoms with Crippen LogP contribution in [-0.4, -0.2) is 10.9 Å². The summed E-state index contributed by atoms with van der Waals surface area (Å²) in [6.07, 6.45) is 1.79. The first-order valence-electron chi connectivity index (χ1n) is 8.17. The van der Waals surface area contributed by atoms with Crippen molar-refractivity contribution in [2.75, 3.05) is 5.32 Å². The molecule has 0 bridgehead atoms. The smallest absolute Gasteiger partial charge is 0.235 e. The van der Waals surface area contributed by atoms with Crippen molar-refractivity contribution in [3.8, 4) is 0 Å². The van der Waals surface area contributed by atoms with E-state index in [1.807, 2.05) is 37.3 Å². The summed E-state index contributed by atoms with van der Waals surface area (Å²) in [4.78, 5) is 16.5. The number of rotatable bonds is 3. The lowest BCUT2D eigenvalue weighted by molar-refractivity contribution is -0.118. The van der Waals surface area contributed by atoms with Gasteiger partial charge in [0, 0.05) is 26.8 Å². The molecule has 1 aromatic heterocycles. The van der Waals surface area contributed by atoms with E-state index in [2.05, 4.69) is 45.3 Å². The van der Waals surface area contributed by atoms with Crippen LogP contribution < -0.4 is 5.32 Å². The SMILES string of the molecule is Cc1ccc(NC(=O)C2(c3c(C)[nH]c4ccccc34)CC2)cc1Br. The van der Waals surface area contributed by atoms with Gasteiger partial charge in [-0.2, -0.15) is 0 Å². The highest BCUT2D eigenvalue weighted by atomic mass is 79.9. The van der Waals surface area contributed by atoms with Crippen LogP contribution in [0.5, 0.6) is 0 Å². The van der Waals surface area contributed by atoms with Crippen molar-refractivity contribution in [1.82, 2.24) is 4.98 Å². The van der Waals surface area contributed by atoms with Gasteiger partial charge >= 0.3 is 0 Å². The summed E-state index contributed by atoms with van der Waals surface area (Å²) < 4.78 is 1.01. The number of hydrogen-bond acceptors (Lipinski definition) is 1. The van der Waals surface area contributed by atoms with Gasteiger partial charge in [0.05, 0.1) is 5.41 Å². The van der Waals surface area contributed by atoms with Crippen molar-refractivity contribution < 1.29 is 4.79 Å². The van der Waals surface area contributed by atoms with Crippen molar-refractivity contribution in [3.05, 3.63) is 63.8 Å². The van der Waals surface area contributed by atoms with Crippen LogP contribution in [0, 0.1) is 13.8 Å². The van der Waals surface area contributed by atoms with Gasteiger partial charge in [-0.15, -0.1) is 0 Å². The van der Waals surface area contributed by atoms with Gasteiger partial charge in [-0.25, -0.2) is 0 Å². The second-order valence-electron chi connectivity index (χ2n) is 6.67. The van der Waals surface area contributed by atoms with Gasteiger partial charge in [0.25, 0.3) is 0 Å². The van der Waals surface area contributed by atoms with Crippen LogP contribution >= 0.6 is 15.9 Å². The number of aryl methyl sites for hydroxylation is 2. The molecule has 122 valence electrons. The lowest BCUT2D eigenvalue weighted by Gasteiger charge is -2.17. The number of carbonyl (C=O) groups excluding carboxylic acids is 1. The summed E-state index contributed by atoms with van der Waals surface area (Å²) in [6, 6.07) is 14.1. The zero-order valence-corrected chi connectivity index (χ0v) is 15.3. The van der Waals surface area contributed by atoms with Crippen molar-refractivity contribution in [3.63, 3.8) is 0 Å². The minimum atomic E-state index is -0.402. The molecule has 2 N–H and O–H groups in total. The molecule has 1 aliphatic rings. The number of benzene rings is 2. The first kappa shape index (κ1) is 15.5. The Morgan fingerprint density at radius 2 is 1.92 bits per heavy atom. The maximum atomic E-state index is 13.0. The zero-order chi connectivity index (χ0) is 16.9. The highest BCUT2D eigenvalue weighted by molar-refractivity contribution is 9.10. The predicted octanol–water partition coefficient (Wildman–Crippen LogP) is 5.22. The summed E-state index contributed by atoms with van der Waals surface area (Å²) in [6.45, 7) is 4.10. The number of halogens is 1. The molecule has 0 aliphatic heterocycles. The van der Waals surface area contributed by atoms with Crippen LogP contribution in [0.25, 0.3) is 10.9 Å². The minimum absolute atomic E-state index is 0.0890. The Kier molecular flexibility index (Phi) is 3.53. The Morgan fingerprint density at radius 3 is 2.62 bits per heavy atom. The van der Waals surface area contributed by atoms with Crippen LogP contribution in [-0.2, 0) is 10.2 Å². The molecule has 1 heterocycles. The summed E-state index contributed by atoms with van der Waals surface area (Å²) in [5.74, 6) is 0.0890. The van der Waals surface area contributed by atoms with E-state index in [0.29, 0.717) is 0 Å². The molecule has 3 nitrogen and oxygen atoms in total. The fourth-order valence-corrected chi connectivity index (χ4v) is 3.91. The van der Waals surface area contributed by atoms with E-state index < -0.39 is 5.41 Å². The number of aromatic amines is 1. The number of hydrogen-bond donors (Lipinski definition) is 2. The van der Waals surface area contributed by atoms with Gasteiger partial charge in [-0.05, 0) is 56.0 Å². The van der Waals surface area contributed by atoms with Gasteiger partial charge in [0.2, 0.25) is 5.91 Å². The van der Waals surface area contributed by atoms with Gasteiger partial charge in [-0.3, -0.25) is 4.79 Å². The van der Waals surface area contributed by atoms with E-state index >= 15 is 0 Å². The van der Waals surface area contributed by atoms with E-state index in [0.717, 1.165) is 50.7 Å². The minimum Gasteiger partial charge on any atom is -0.358 e. The van der Waals surface area contributed by atoms with Gasteiger partial charge in [0.1, 0.15) is 0 Å². The number of para-hydroxylation sites is 1. The number of fused-ring (bicyclic) bond motifs is 1. The third kappa shape index (κ3) is 2.37. The van der Waals surface area contributed by atoms with E-state index in [-0.39, 0.29) is 5.91 Å². The quantitative estimate of drug-likeness (QED) is 0.640. The maximum absolute atomic E-state index is 13.0. The average molecular weight is 383 g/mol. The molecule has 3 aromatic rings. The Morgan fingerprint density at radius 1 is 1.17 bits per heavy atom. The lowest BCUT2D eigenvalue weighted by atomic mass is 9.92. The summed E-state index contributed by atoms with van der Waals surface area (Å²) in [5.41, 5.74) is 4.93. The van der Waals surface area contributed by atoms with Crippen molar-refractivity contribution in [2.45, 2.75) is 32.1 Å². The van der Waals surface area contributed by atoms with Gasteiger partial charge in [-0.1, -0.05) is 40.2 Å². The van der Waals surface area contributed by atoms with Crippen LogP contribution in [0.1, 0.15) is 29.7 Å². The largest absolute Gasteiger partial charge is 0.358 e. The molecular weight excluding hydrogens is 364 g/mol. The molecule has 0 atom stereocenters. The maximum Gasteiger partial charge on any atom is 0.235 e. The van der Waals surface area contributed by atoms with E-state index in [1.54, 1.807) is 0 Å². The topological polar surface area (TPSA) is 44.9 Å². The Hall–Kier alpha value is -2.07. The van der Waals surface area contributed by atoms with Crippen molar-refractivity contribution in [1.29, 1.82) is 0 Å². The van der Waals surface area contributed by atoms with E-state index in [4.69, 9.17) is 0 Å². The molecule has 1 amide bonds. The highest BCUT2D eigenvalue weighted by Gasteiger charge is 2.53. The second-order valence-corrected chi connectivity index (χ2v) is 7.53.